The molecule has 1 amide bonds. The summed E-state index contributed by atoms with van der Waals surface area (Å²) in [4.78, 5) is 16.0. The molecule has 8 heteroatoms. The van der Waals surface area contributed by atoms with E-state index in [2.05, 4.69) is 10.3 Å². The predicted octanol–water partition coefficient (Wildman–Crippen LogP) is -0.313. The summed E-state index contributed by atoms with van der Waals surface area (Å²) in [6, 6.07) is 3.10. The first kappa shape index (κ1) is 15.9. The van der Waals surface area contributed by atoms with Gasteiger partial charge in [-0.05, 0) is 25.5 Å². The van der Waals surface area contributed by atoms with Crippen LogP contribution in [0.4, 0.5) is 0 Å². The maximum absolute atomic E-state index is 12.6. The number of amides is 1. The predicted molar refractivity (Wildman–Crippen MR) is 77.7 cm³/mol. The minimum Gasteiger partial charge on any atom is -0.359 e. The van der Waals surface area contributed by atoms with Crippen molar-refractivity contribution in [2.24, 2.45) is 11.1 Å². The van der Waals surface area contributed by atoms with Crippen molar-refractivity contribution in [3.8, 4) is 0 Å². The second-order valence-corrected chi connectivity index (χ2v) is 7.36. The largest absolute Gasteiger partial charge is 0.359 e. The molecule has 0 bridgehead atoms. The fourth-order valence-corrected chi connectivity index (χ4v) is 3.96. The summed E-state index contributed by atoms with van der Waals surface area (Å²) < 4.78 is 26.4. The molecule has 1 atom stereocenters. The molecule has 3 N–H and O–H groups in total. The fourth-order valence-electron chi connectivity index (χ4n) is 2.44. The van der Waals surface area contributed by atoms with Gasteiger partial charge in [0.2, 0.25) is 15.9 Å². The lowest BCUT2D eigenvalue weighted by atomic mass is 9.89. The molecule has 1 unspecified atom stereocenters. The van der Waals surface area contributed by atoms with Gasteiger partial charge in [0.05, 0.1) is 11.1 Å². The maximum atomic E-state index is 12.6. The molecule has 0 saturated carbocycles. The van der Waals surface area contributed by atoms with Crippen LogP contribution in [0.25, 0.3) is 0 Å². The van der Waals surface area contributed by atoms with E-state index in [1.54, 1.807) is 20.0 Å². The van der Waals surface area contributed by atoms with Gasteiger partial charge in [-0.25, -0.2) is 8.42 Å². The molecule has 21 heavy (non-hydrogen) atoms. The third kappa shape index (κ3) is 2.92. The zero-order valence-electron chi connectivity index (χ0n) is 12.2. The molecule has 7 nitrogen and oxygen atoms in total. The minimum atomic E-state index is -3.63. The van der Waals surface area contributed by atoms with Crippen LogP contribution in [0.3, 0.4) is 0 Å². The molecular weight excluding hydrogens is 292 g/mol. The van der Waals surface area contributed by atoms with E-state index < -0.39 is 15.4 Å². The highest BCUT2D eigenvalue weighted by molar-refractivity contribution is 7.89. The van der Waals surface area contributed by atoms with Gasteiger partial charge in [0, 0.05) is 32.9 Å². The van der Waals surface area contributed by atoms with Crippen molar-refractivity contribution in [1.29, 1.82) is 0 Å². The van der Waals surface area contributed by atoms with Crippen LogP contribution < -0.4 is 11.1 Å². The molecule has 1 aliphatic rings. The third-order valence-corrected chi connectivity index (χ3v) is 5.69. The Kier molecular flexibility index (Phi) is 4.31. The van der Waals surface area contributed by atoms with Crippen LogP contribution in [0.5, 0.6) is 0 Å². The van der Waals surface area contributed by atoms with E-state index in [1.165, 1.54) is 16.6 Å². The van der Waals surface area contributed by atoms with Crippen LogP contribution >= 0.6 is 0 Å². The third-order valence-electron chi connectivity index (χ3n) is 3.86. The smallest absolute Gasteiger partial charge is 0.244 e. The molecule has 2 heterocycles. The highest BCUT2D eigenvalue weighted by Crippen LogP contribution is 2.33. The lowest BCUT2D eigenvalue weighted by molar-refractivity contribution is -0.128. The Hall–Kier alpha value is -1.51. The zero-order valence-corrected chi connectivity index (χ0v) is 13.0. The SMILES string of the molecule is CNC(=O)C1(C)CCN(S(=O)(=O)c2ccc(CN)nc2)C1. The molecule has 0 radical (unpaired) electrons. The van der Waals surface area contributed by atoms with Gasteiger partial charge in [0.25, 0.3) is 0 Å². The van der Waals surface area contributed by atoms with E-state index in [9.17, 15) is 13.2 Å². The Morgan fingerprint density at radius 2 is 2.24 bits per heavy atom. The van der Waals surface area contributed by atoms with Crippen molar-refractivity contribution in [2.75, 3.05) is 20.1 Å². The van der Waals surface area contributed by atoms with Crippen LogP contribution in [0.1, 0.15) is 19.0 Å². The number of hydrogen-bond acceptors (Lipinski definition) is 5. The van der Waals surface area contributed by atoms with Crippen LogP contribution in [0, 0.1) is 5.41 Å². The van der Waals surface area contributed by atoms with Crippen molar-refractivity contribution in [3.63, 3.8) is 0 Å². The van der Waals surface area contributed by atoms with Gasteiger partial charge in [-0.15, -0.1) is 0 Å². The number of rotatable bonds is 4. The zero-order chi connectivity index (χ0) is 15.7. The normalized spacial score (nSPS) is 23.2. The van der Waals surface area contributed by atoms with Crippen molar-refractivity contribution >= 4 is 15.9 Å². The summed E-state index contributed by atoms with van der Waals surface area (Å²) in [6.45, 7) is 2.54. The van der Waals surface area contributed by atoms with E-state index >= 15 is 0 Å². The first-order valence-corrected chi connectivity index (χ1v) is 8.15. The number of carbonyl (C=O) groups is 1. The van der Waals surface area contributed by atoms with Gasteiger partial charge < -0.3 is 11.1 Å². The second-order valence-electron chi connectivity index (χ2n) is 5.42. The second kappa shape index (κ2) is 5.70. The number of pyridine rings is 1. The Bertz CT molecular complexity index is 629. The van der Waals surface area contributed by atoms with E-state index in [-0.39, 0.29) is 23.9 Å². The van der Waals surface area contributed by atoms with Crippen LogP contribution in [0.2, 0.25) is 0 Å². The number of nitrogens with zero attached hydrogens (tertiary/aromatic N) is 2. The molecule has 1 fully saturated rings. The lowest BCUT2D eigenvalue weighted by Crippen LogP contribution is -2.40. The topological polar surface area (TPSA) is 105 Å². The van der Waals surface area contributed by atoms with E-state index in [4.69, 9.17) is 5.73 Å². The van der Waals surface area contributed by atoms with Crippen molar-refractivity contribution in [1.82, 2.24) is 14.6 Å². The molecule has 2 rings (SSSR count). The molecule has 1 aromatic heterocycles. The maximum Gasteiger partial charge on any atom is 0.244 e. The fraction of sp³-hybridized carbons (Fsp3) is 0.538. The standard InChI is InChI=1S/C13H20N4O3S/c1-13(12(18)15-2)5-6-17(9-13)21(19,20)11-4-3-10(7-14)16-8-11/h3-4,8H,5-7,9,14H2,1-2H3,(H,15,18). The molecule has 0 aromatic carbocycles. The number of aromatic nitrogens is 1. The van der Waals surface area contributed by atoms with E-state index in [0.29, 0.717) is 18.7 Å². The molecule has 1 saturated heterocycles. The highest BCUT2D eigenvalue weighted by Gasteiger charge is 2.44. The van der Waals surface area contributed by atoms with E-state index in [0.717, 1.165) is 0 Å². The number of sulfonamides is 1. The Balaban J connectivity index is 2.23. The lowest BCUT2D eigenvalue weighted by Gasteiger charge is -2.22. The van der Waals surface area contributed by atoms with Crippen LogP contribution in [-0.4, -0.2) is 43.8 Å². The quantitative estimate of drug-likeness (QED) is 0.793. The van der Waals surface area contributed by atoms with Gasteiger partial charge in [-0.1, -0.05) is 0 Å². The monoisotopic (exact) mass is 312 g/mol. The first-order valence-electron chi connectivity index (χ1n) is 6.71. The average Bonchev–Trinajstić information content (AvgIpc) is 2.91. The van der Waals surface area contributed by atoms with Gasteiger partial charge in [0.15, 0.2) is 0 Å². The number of nitrogens with one attached hydrogen (secondary N) is 1. The summed E-state index contributed by atoms with van der Waals surface area (Å²) in [5.74, 6) is -0.142. The van der Waals surface area contributed by atoms with Gasteiger partial charge in [-0.2, -0.15) is 4.31 Å². The molecule has 116 valence electrons. The number of nitrogens with two attached hydrogens (primary N) is 1. The van der Waals surface area contributed by atoms with Crippen molar-refractivity contribution in [2.45, 2.75) is 24.8 Å². The Morgan fingerprint density at radius 1 is 1.52 bits per heavy atom. The summed E-state index contributed by atoms with van der Waals surface area (Å²) >= 11 is 0. The molecule has 1 aromatic rings. The van der Waals surface area contributed by atoms with Crippen molar-refractivity contribution in [3.05, 3.63) is 24.0 Å². The molecule has 0 aliphatic carbocycles. The summed E-state index contributed by atoms with van der Waals surface area (Å²) in [5, 5.41) is 2.59. The van der Waals surface area contributed by atoms with Crippen LogP contribution in [0.15, 0.2) is 23.2 Å². The number of hydrogen-bond donors (Lipinski definition) is 2. The Morgan fingerprint density at radius 3 is 2.76 bits per heavy atom. The molecular formula is C13H20N4O3S. The summed E-state index contributed by atoms with van der Waals surface area (Å²) in [5.41, 5.74) is 5.39. The Labute approximate surface area is 124 Å². The average molecular weight is 312 g/mol. The number of carbonyl (C=O) groups excluding carboxylic acids is 1. The summed E-state index contributed by atoms with van der Waals surface area (Å²) in [7, 11) is -2.07. The molecule has 1 aliphatic heterocycles. The molecule has 0 spiro atoms. The highest BCUT2D eigenvalue weighted by atomic mass is 32.2. The van der Waals surface area contributed by atoms with Gasteiger partial charge >= 0.3 is 0 Å². The van der Waals surface area contributed by atoms with Crippen molar-refractivity contribution < 1.29 is 13.2 Å². The minimum absolute atomic E-state index is 0.126. The van der Waals surface area contributed by atoms with E-state index in [1.807, 2.05) is 0 Å². The summed E-state index contributed by atoms with van der Waals surface area (Å²) in [6.07, 6.45) is 1.81. The van der Waals surface area contributed by atoms with Gasteiger partial charge in [-0.3, -0.25) is 9.78 Å². The van der Waals surface area contributed by atoms with Gasteiger partial charge in [0.1, 0.15) is 4.90 Å². The first-order chi connectivity index (χ1) is 9.83. The van der Waals surface area contributed by atoms with Crippen LogP contribution in [-0.2, 0) is 21.4 Å².